The molecule has 2 rings (SSSR count). The fourth-order valence-electron chi connectivity index (χ4n) is 2.43. The molecule has 17 heavy (non-hydrogen) atoms. The number of anilines is 2. The molecule has 0 bridgehead atoms. The number of rotatable bonds is 2. The van der Waals surface area contributed by atoms with Gasteiger partial charge in [0.25, 0.3) is 0 Å². The smallest absolute Gasteiger partial charge is 0.0576 e. The van der Waals surface area contributed by atoms with Crippen LogP contribution in [0.15, 0.2) is 22.7 Å². The average molecular weight is 297 g/mol. The van der Waals surface area contributed by atoms with E-state index in [1.807, 2.05) is 12.1 Å². The van der Waals surface area contributed by atoms with Crippen LogP contribution in [0.2, 0.25) is 0 Å². The van der Waals surface area contributed by atoms with Gasteiger partial charge in [0.15, 0.2) is 0 Å². The van der Waals surface area contributed by atoms with Gasteiger partial charge in [-0.25, -0.2) is 0 Å². The van der Waals surface area contributed by atoms with Crippen molar-refractivity contribution in [1.82, 2.24) is 0 Å². The van der Waals surface area contributed by atoms with E-state index in [2.05, 4.69) is 41.2 Å². The zero-order valence-corrected chi connectivity index (χ0v) is 12.2. The molecule has 3 heteroatoms. The highest BCUT2D eigenvalue weighted by molar-refractivity contribution is 9.10. The van der Waals surface area contributed by atoms with Crippen LogP contribution in [0.1, 0.15) is 39.5 Å². The molecule has 1 fully saturated rings. The van der Waals surface area contributed by atoms with Gasteiger partial charge in [-0.2, -0.15) is 0 Å². The number of benzene rings is 1. The van der Waals surface area contributed by atoms with Crippen molar-refractivity contribution in [2.24, 2.45) is 5.41 Å². The minimum absolute atomic E-state index is 0.517. The molecule has 0 amide bonds. The van der Waals surface area contributed by atoms with E-state index in [0.29, 0.717) is 11.5 Å². The first-order chi connectivity index (χ1) is 7.96. The normalized spacial score (nSPS) is 20.2. The summed E-state index contributed by atoms with van der Waals surface area (Å²) in [5, 5.41) is 3.57. The van der Waals surface area contributed by atoms with E-state index >= 15 is 0 Å². The molecular weight excluding hydrogens is 276 g/mol. The highest BCUT2D eigenvalue weighted by Gasteiger charge is 2.26. The van der Waals surface area contributed by atoms with Crippen LogP contribution < -0.4 is 11.1 Å². The van der Waals surface area contributed by atoms with Crippen LogP contribution in [-0.4, -0.2) is 6.04 Å². The van der Waals surface area contributed by atoms with Gasteiger partial charge in [0, 0.05) is 10.5 Å². The molecule has 0 heterocycles. The number of nitrogens with one attached hydrogen (secondary N) is 1. The van der Waals surface area contributed by atoms with E-state index in [9.17, 15) is 0 Å². The third kappa shape index (κ3) is 3.38. The van der Waals surface area contributed by atoms with Crippen LogP contribution in [0.3, 0.4) is 0 Å². The Balaban J connectivity index is 1.98. The molecule has 0 atom stereocenters. The summed E-state index contributed by atoms with van der Waals surface area (Å²) in [5.74, 6) is 0. The van der Waals surface area contributed by atoms with Gasteiger partial charge in [-0.15, -0.1) is 0 Å². The molecule has 0 aromatic heterocycles. The summed E-state index contributed by atoms with van der Waals surface area (Å²) >= 11 is 3.43. The maximum absolute atomic E-state index is 6.00. The lowest BCUT2D eigenvalue weighted by Crippen LogP contribution is -2.30. The van der Waals surface area contributed by atoms with Gasteiger partial charge in [0.2, 0.25) is 0 Å². The predicted octanol–water partition coefficient (Wildman–Crippen LogP) is 4.41. The van der Waals surface area contributed by atoms with Crippen LogP contribution in [0.25, 0.3) is 0 Å². The molecule has 94 valence electrons. The average Bonchev–Trinajstić information content (AvgIpc) is 2.25. The van der Waals surface area contributed by atoms with Crippen LogP contribution in [0.5, 0.6) is 0 Å². The minimum atomic E-state index is 0.517. The third-order valence-electron chi connectivity index (χ3n) is 3.71. The van der Waals surface area contributed by atoms with Gasteiger partial charge in [0.1, 0.15) is 0 Å². The summed E-state index contributed by atoms with van der Waals surface area (Å²) in [4.78, 5) is 0. The molecule has 1 aliphatic carbocycles. The molecule has 0 saturated heterocycles. The first-order valence-electron chi connectivity index (χ1n) is 6.28. The molecular formula is C14H21BrN2. The van der Waals surface area contributed by atoms with Crippen molar-refractivity contribution >= 4 is 27.3 Å². The number of halogens is 1. The highest BCUT2D eigenvalue weighted by Crippen LogP contribution is 2.36. The van der Waals surface area contributed by atoms with Crippen molar-refractivity contribution in [1.29, 1.82) is 0 Å². The van der Waals surface area contributed by atoms with Gasteiger partial charge in [-0.1, -0.05) is 29.8 Å². The standard InChI is InChI=1S/C14H21BrN2/c1-14(2)7-5-11(6-8-14)17-13-4-3-10(15)9-12(13)16/h3-4,9,11,17H,5-8,16H2,1-2H3. The summed E-state index contributed by atoms with van der Waals surface area (Å²) in [5.41, 5.74) is 8.41. The van der Waals surface area contributed by atoms with E-state index in [-0.39, 0.29) is 0 Å². The van der Waals surface area contributed by atoms with Crippen molar-refractivity contribution in [3.63, 3.8) is 0 Å². The zero-order chi connectivity index (χ0) is 12.5. The predicted molar refractivity (Wildman–Crippen MR) is 78.2 cm³/mol. The van der Waals surface area contributed by atoms with Gasteiger partial charge in [-0.05, 0) is 49.3 Å². The number of hydrogen-bond acceptors (Lipinski definition) is 2. The Labute approximate surface area is 112 Å². The molecule has 0 spiro atoms. The summed E-state index contributed by atoms with van der Waals surface area (Å²) in [7, 11) is 0. The van der Waals surface area contributed by atoms with Gasteiger partial charge in [0.05, 0.1) is 11.4 Å². The second kappa shape index (κ2) is 4.89. The van der Waals surface area contributed by atoms with Crippen molar-refractivity contribution < 1.29 is 0 Å². The van der Waals surface area contributed by atoms with E-state index < -0.39 is 0 Å². The Bertz CT molecular complexity index is 391. The van der Waals surface area contributed by atoms with Crippen LogP contribution in [0, 0.1) is 5.41 Å². The molecule has 1 saturated carbocycles. The highest BCUT2D eigenvalue weighted by atomic mass is 79.9. The second-order valence-electron chi connectivity index (χ2n) is 5.81. The van der Waals surface area contributed by atoms with Gasteiger partial charge in [-0.3, -0.25) is 0 Å². The van der Waals surface area contributed by atoms with Crippen LogP contribution in [-0.2, 0) is 0 Å². The number of nitrogens with two attached hydrogens (primary N) is 1. The van der Waals surface area contributed by atoms with Crippen molar-refractivity contribution in [2.75, 3.05) is 11.1 Å². The summed E-state index contributed by atoms with van der Waals surface area (Å²) in [6.45, 7) is 4.72. The Morgan fingerprint density at radius 3 is 2.53 bits per heavy atom. The largest absolute Gasteiger partial charge is 0.397 e. The van der Waals surface area contributed by atoms with Crippen molar-refractivity contribution in [3.05, 3.63) is 22.7 Å². The van der Waals surface area contributed by atoms with Crippen LogP contribution >= 0.6 is 15.9 Å². The quantitative estimate of drug-likeness (QED) is 0.793. The first-order valence-corrected chi connectivity index (χ1v) is 7.07. The SMILES string of the molecule is CC1(C)CCC(Nc2ccc(Br)cc2N)CC1. The zero-order valence-electron chi connectivity index (χ0n) is 10.6. The third-order valence-corrected chi connectivity index (χ3v) is 4.21. The van der Waals surface area contributed by atoms with Crippen molar-refractivity contribution in [2.45, 2.75) is 45.6 Å². The Hall–Kier alpha value is -0.700. The van der Waals surface area contributed by atoms with Crippen LogP contribution in [0.4, 0.5) is 11.4 Å². The molecule has 2 nitrogen and oxygen atoms in total. The molecule has 3 N–H and O–H groups in total. The van der Waals surface area contributed by atoms with Gasteiger partial charge >= 0.3 is 0 Å². The lowest BCUT2D eigenvalue weighted by Gasteiger charge is -2.35. The minimum Gasteiger partial charge on any atom is -0.397 e. The molecule has 1 aliphatic rings. The molecule has 1 aromatic rings. The van der Waals surface area contributed by atoms with E-state index in [1.165, 1.54) is 25.7 Å². The first kappa shape index (κ1) is 12.7. The Morgan fingerprint density at radius 1 is 1.29 bits per heavy atom. The molecule has 0 aliphatic heterocycles. The number of nitrogen functional groups attached to an aromatic ring is 1. The second-order valence-corrected chi connectivity index (χ2v) is 6.73. The summed E-state index contributed by atoms with van der Waals surface area (Å²) in [6, 6.07) is 6.62. The van der Waals surface area contributed by atoms with E-state index in [0.717, 1.165) is 15.8 Å². The lowest BCUT2D eigenvalue weighted by molar-refractivity contribution is 0.232. The monoisotopic (exact) mass is 296 g/mol. The maximum Gasteiger partial charge on any atom is 0.0576 e. The van der Waals surface area contributed by atoms with E-state index in [1.54, 1.807) is 0 Å². The molecule has 1 aromatic carbocycles. The Kier molecular flexibility index (Phi) is 3.67. The summed E-state index contributed by atoms with van der Waals surface area (Å²) < 4.78 is 1.03. The van der Waals surface area contributed by atoms with E-state index in [4.69, 9.17) is 5.73 Å². The fourth-order valence-corrected chi connectivity index (χ4v) is 2.81. The Morgan fingerprint density at radius 2 is 1.94 bits per heavy atom. The lowest BCUT2D eigenvalue weighted by atomic mass is 9.75. The van der Waals surface area contributed by atoms with Crippen molar-refractivity contribution in [3.8, 4) is 0 Å². The summed E-state index contributed by atoms with van der Waals surface area (Å²) in [6.07, 6.45) is 5.06. The van der Waals surface area contributed by atoms with Gasteiger partial charge < -0.3 is 11.1 Å². The fraction of sp³-hybridized carbons (Fsp3) is 0.571. The number of hydrogen-bond donors (Lipinski definition) is 2. The maximum atomic E-state index is 6.00. The topological polar surface area (TPSA) is 38.0 Å². The molecule has 0 radical (unpaired) electrons. The molecule has 0 unspecified atom stereocenters.